The van der Waals surface area contributed by atoms with Crippen LogP contribution in [-0.2, 0) is 16.1 Å². The van der Waals surface area contributed by atoms with Crippen molar-refractivity contribution in [2.45, 2.75) is 18.1 Å². The molecule has 0 fully saturated rings. The summed E-state index contributed by atoms with van der Waals surface area (Å²) in [5, 5.41) is 11.6. The average Bonchev–Trinajstić information content (AvgIpc) is 3.47. The maximum atomic E-state index is 12.5. The highest BCUT2D eigenvalue weighted by Crippen LogP contribution is 2.26. The maximum Gasteiger partial charge on any atom is 0.234 e. The number of ether oxygens (including phenoxy) is 1. The van der Waals surface area contributed by atoms with E-state index in [1.807, 2.05) is 36.4 Å². The number of hydrogen-bond donors (Lipinski definition) is 2. The number of nitrogens with two attached hydrogens (primary N) is 1. The first-order chi connectivity index (χ1) is 16.1. The van der Waals surface area contributed by atoms with E-state index in [9.17, 15) is 9.59 Å². The van der Waals surface area contributed by atoms with Crippen molar-refractivity contribution in [2.75, 3.05) is 11.1 Å². The molecular formula is C23H21N5O4S. The van der Waals surface area contributed by atoms with Crippen molar-refractivity contribution in [1.29, 1.82) is 0 Å². The molecule has 4 rings (SSSR count). The predicted molar refractivity (Wildman–Crippen MR) is 124 cm³/mol. The third-order valence-electron chi connectivity index (χ3n) is 4.47. The molecule has 2 heterocycles. The summed E-state index contributed by atoms with van der Waals surface area (Å²) in [4.78, 5) is 23.8. The second kappa shape index (κ2) is 10.5. The van der Waals surface area contributed by atoms with Crippen molar-refractivity contribution >= 4 is 29.3 Å². The van der Waals surface area contributed by atoms with Gasteiger partial charge in [-0.25, -0.2) is 0 Å². The highest BCUT2D eigenvalue weighted by Gasteiger charge is 2.18. The van der Waals surface area contributed by atoms with Gasteiger partial charge in [-0.15, -0.1) is 10.2 Å². The molecule has 2 aromatic carbocycles. The summed E-state index contributed by atoms with van der Waals surface area (Å²) in [6.45, 7) is 0.279. The van der Waals surface area contributed by atoms with Crippen LogP contribution in [0.2, 0.25) is 0 Å². The molecule has 168 valence electrons. The highest BCUT2D eigenvalue weighted by atomic mass is 32.2. The molecule has 0 unspecified atom stereocenters. The van der Waals surface area contributed by atoms with E-state index in [2.05, 4.69) is 15.5 Å². The minimum atomic E-state index is -0.444. The van der Waals surface area contributed by atoms with Gasteiger partial charge in [-0.05, 0) is 36.4 Å². The molecule has 0 aliphatic carbocycles. The molecule has 33 heavy (non-hydrogen) atoms. The lowest BCUT2D eigenvalue weighted by molar-refractivity contribution is -0.118. The zero-order valence-corrected chi connectivity index (χ0v) is 18.3. The van der Waals surface area contributed by atoms with Gasteiger partial charge in [0.25, 0.3) is 0 Å². The first-order valence-electron chi connectivity index (χ1n) is 10.1. The molecule has 10 heteroatoms. The van der Waals surface area contributed by atoms with Gasteiger partial charge in [-0.1, -0.05) is 36.0 Å². The number of furan rings is 1. The van der Waals surface area contributed by atoms with Gasteiger partial charge < -0.3 is 20.2 Å². The van der Waals surface area contributed by atoms with E-state index in [1.165, 1.54) is 18.0 Å². The Morgan fingerprint density at radius 2 is 1.85 bits per heavy atom. The molecule has 0 radical (unpaired) electrons. The van der Waals surface area contributed by atoms with E-state index in [0.717, 1.165) is 0 Å². The lowest BCUT2D eigenvalue weighted by Gasteiger charge is -2.10. The monoisotopic (exact) mass is 463 g/mol. The fourth-order valence-electron chi connectivity index (χ4n) is 3.00. The Hall–Kier alpha value is -4.05. The van der Waals surface area contributed by atoms with Crippen LogP contribution in [0, 0.1) is 0 Å². The van der Waals surface area contributed by atoms with Crippen LogP contribution in [0.25, 0.3) is 11.6 Å². The lowest BCUT2D eigenvalue weighted by atomic mass is 10.3. The second-order valence-electron chi connectivity index (χ2n) is 6.93. The largest absolute Gasteiger partial charge is 0.461 e. The van der Waals surface area contributed by atoms with E-state index in [0.29, 0.717) is 33.9 Å². The summed E-state index contributed by atoms with van der Waals surface area (Å²) in [6, 6.07) is 20.0. The smallest absolute Gasteiger partial charge is 0.234 e. The SMILES string of the molecule is NC(=O)CCn1c(SCC(=O)Nc2cccc(Oc3ccccc3)c2)nnc1-c1ccco1. The van der Waals surface area contributed by atoms with Gasteiger partial charge in [0.15, 0.2) is 16.7 Å². The van der Waals surface area contributed by atoms with E-state index < -0.39 is 5.91 Å². The predicted octanol–water partition coefficient (Wildman–Crippen LogP) is 3.94. The Kier molecular flexibility index (Phi) is 7.06. The fourth-order valence-corrected chi connectivity index (χ4v) is 3.76. The van der Waals surface area contributed by atoms with Crippen LogP contribution >= 0.6 is 11.8 Å². The Morgan fingerprint density at radius 1 is 1.03 bits per heavy atom. The van der Waals surface area contributed by atoms with Crippen molar-refractivity contribution in [3.8, 4) is 23.1 Å². The summed E-state index contributed by atoms with van der Waals surface area (Å²) in [6.07, 6.45) is 1.64. The van der Waals surface area contributed by atoms with E-state index in [1.54, 1.807) is 34.9 Å². The number of rotatable bonds is 10. The molecule has 0 spiro atoms. The van der Waals surface area contributed by atoms with Crippen molar-refractivity contribution in [3.05, 3.63) is 73.0 Å². The molecule has 0 aliphatic rings. The molecule has 0 bridgehead atoms. The Balaban J connectivity index is 1.40. The van der Waals surface area contributed by atoms with Crippen LogP contribution in [0.4, 0.5) is 5.69 Å². The number of amides is 2. The van der Waals surface area contributed by atoms with E-state index in [-0.39, 0.29) is 24.6 Å². The molecule has 0 saturated heterocycles. The van der Waals surface area contributed by atoms with Crippen LogP contribution in [0.3, 0.4) is 0 Å². The molecular weight excluding hydrogens is 442 g/mol. The fraction of sp³-hybridized carbons (Fsp3) is 0.130. The number of benzene rings is 2. The summed E-state index contributed by atoms with van der Waals surface area (Å²) < 4.78 is 12.9. The van der Waals surface area contributed by atoms with Crippen molar-refractivity contribution < 1.29 is 18.7 Å². The van der Waals surface area contributed by atoms with E-state index in [4.69, 9.17) is 14.9 Å². The summed E-state index contributed by atoms with van der Waals surface area (Å²) in [7, 11) is 0. The number of para-hydroxylation sites is 1. The van der Waals surface area contributed by atoms with Gasteiger partial charge in [0.05, 0.1) is 12.0 Å². The summed E-state index contributed by atoms with van der Waals surface area (Å²) in [5.74, 6) is 1.73. The topological polar surface area (TPSA) is 125 Å². The zero-order valence-electron chi connectivity index (χ0n) is 17.5. The minimum absolute atomic E-state index is 0.0939. The summed E-state index contributed by atoms with van der Waals surface area (Å²) in [5.41, 5.74) is 5.91. The molecule has 3 N–H and O–H groups in total. The summed E-state index contributed by atoms with van der Waals surface area (Å²) >= 11 is 1.20. The van der Waals surface area contributed by atoms with Crippen LogP contribution in [0.5, 0.6) is 11.5 Å². The minimum Gasteiger partial charge on any atom is -0.461 e. The number of aromatic nitrogens is 3. The van der Waals surface area contributed by atoms with Crippen molar-refractivity contribution in [1.82, 2.24) is 14.8 Å². The Bertz CT molecular complexity index is 1220. The van der Waals surface area contributed by atoms with Gasteiger partial charge in [0, 0.05) is 24.7 Å². The number of anilines is 1. The van der Waals surface area contributed by atoms with Gasteiger partial charge >= 0.3 is 0 Å². The highest BCUT2D eigenvalue weighted by molar-refractivity contribution is 7.99. The quantitative estimate of drug-likeness (QED) is 0.341. The third kappa shape index (κ3) is 6.01. The first-order valence-corrected chi connectivity index (χ1v) is 11.1. The number of primary amides is 1. The Morgan fingerprint density at radius 3 is 2.61 bits per heavy atom. The van der Waals surface area contributed by atoms with E-state index >= 15 is 0 Å². The number of carbonyl (C=O) groups excluding carboxylic acids is 2. The number of hydrogen-bond acceptors (Lipinski definition) is 7. The average molecular weight is 464 g/mol. The first kappa shape index (κ1) is 22.2. The van der Waals surface area contributed by atoms with Crippen molar-refractivity contribution in [3.63, 3.8) is 0 Å². The molecule has 0 atom stereocenters. The van der Waals surface area contributed by atoms with Crippen molar-refractivity contribution in [2.24, 2.45) is 5.73 Å². The lowest BCUT2D eigenvalue weighted by Crippen LogP contribution is -2.16. The molecule has 2 aromatic heterocycles. The van der Waals surface area contributed by atoms with Gasteiger partial charge in [-0.3, -0.25) is 14.2 Å². The third-order valence-corrected chi connectivity index (χ3v) is 5.44. The molecule has 4 aromatic rings. The van der Waals surface area contributed by atoms with Crippen LogP contribution in [-0.4, -0.2) is 32.3 Å². The number of nitrogens with one attached hydrogen (secondary N) is 1. The Labute approximate surface area is 193 Å². The standard InChI is InChI=1S/C23H21N5O4S/c24-20(29)11-12-28-22(19-10-5-13-31-19)26-27-23(28)33-15-21(30)25-16-6-4-9-18(14-16)32-17-7-2-1-3-8-17/h1-10,13-14H,11-12,15H2,(H2,24,29)(H,25,30). The van der Waals surface area contributed by atoms with Gasteiger partial charge in [0.2, 0.25) is 11.8 Å². The van der Waals surface area contributed by atoms with Crippen LogP contribution in [0.15, 0.2) is 82.6 Å². The number of thioether (sulfide) groups is 1. The maximum absolute atomic E-state index is 12.5. The molecule has 9 nitrogen and oxygen atoms in total. The van der Waals surface area contributed by atoms with Crippen LogP contribution < -0.4 is 15.8 Å². The molecule has 0 aliphatic heterocycles. The zero-order chi connectivity index (χ0) is 23.0. The van der Waals surface area contributed by atoms with Crippen LogP contribution in [0.1, 0.15) is 6.42 Å². The normalized spacial score (nSPS) is 10.7. The van der Waals surface area contributed by atoms with Gasteiger partial charge in [-0.2, -0.15) is 0 Å². The molecule has 0 saturated carbocycles. The van der Waals surface area contributed by atoms with Gasteiger partial charge in [0.1, 0.15) is 11.5 Å². The number of nitrogens with zero attached hydrogens (tertiary/aromatic N) is 3. The second-order valence-corrected chi connectivity index (χ2v) is 7.87. The molecule has 2 amide bonds. The number of carbonyl (C=O) groups is 2.